The minimum Gasteiger partial charge on any atom is -0.325 e. The highest BCUT2D eigenvalue weighted by Gasteiger charge is 2.27. The molecule has 1 amide bonds. The van der Waals surface area contributed by atoms with E-state index in [-0.39, 0.29) is 18.0 Å². The van der Waals surface area contributed by atoms with E-state index >= 15 is 0 Å². The summed E-state index contributed by atoms with van der Waals surface area (Å²) < 4.78 is 28.6. The summed E-state index contributed by atoms with van der Waals surface area (Å²) in [6, 6.07) is 22.2. The summed E-state index contributed by atoms with van der Waals surface area (Å²) in [6.07, 6.45) is 0. The van der Waals surface area contributed by atoms with Crippen molar-refractivity contribution in [2.45, 2.75) is 18.4 Å². The summed E-state index contributed by atoms with van der Waals surface area (Å²) in [4.78, 5) is 12.8. The van der Waals surface area contributed by atoms with Crippen LogP contribution in [0.1, 0.15) is 16.7 Å². The molecular formula is C23H20BrN3O3S. The lowest BCUT2D eigenvalue weighted by molar-refractivity contribution is -0.116. The zero-order chi connectivity index (χ0) is 22.4. The lowest BCUT2D eigenvalue weighted by atomic mass is 10.2. The Morgan fingerprint density at radius 2 is 1.74 bits per heavy atom. The first-order valence-corrected chi connectivity index (χ1v) is 11.6. The third kappa shape index (κ3) is 6.01. The predicted octanol–water partition coefficient (Wildman–Crippen LogP) is 4.46. The number of nitrogens with one attached hydrogen (secondary N) is 1. The summed E-state index contributed by atoms with van der Waals surface area (Å²) in [5.74, 6) is -0.497. The molecule has 0 bridgehead atoms. The van der Waals surface area contributed by atoms with Gasteiger partial charge < -0.3 is 5.32 Å². The van der Waals surface area contributed by atoms with Crippen molar-refractivity contribution >= 4 is 37.5 Å². The molecule has 158 valence electrons. The van der Waals surface area contributed by atoms with Crippen molar-refractivity contribution in [2.24, 2.45) is 0 Å². The molecule has 1 N–H and O–H groups in total. The Morgan fingerprint density at radius 1 is 1.06 bits per heavy atom. The Kier molecular flexibility index (Phi) is 7.23. The van der Waals surface area contributed by atoms with Crippen molar-refractivity contribution < 1.29 is 13.2 Å². The second-order valence-electron chi connectivity index (χ2n) is 6.95. The minimum absolute atomic E-state index is 0.0369. The highest BCUT2D eigenvalue weighted by molar-refractivity contribution is 9.10. The van der Waals surface area contributed by atoms with E-state index in [9.17, 15) is 13.2 Å². The number of hydrogen-bond acceptors (Lipinski definition) is 4. The summed E-state index contributed by atoms with van der Waals surface area (Å²) in [7, 11) is -3.92. The zero-order valence-electron chi connectivity index (χ0n) is 16.7. The average Bonchev–Trinajstić information content (AvgIpc) is 2.75. The largest absolute Gasteiger partial charge is 0.325 e. The molecule has 0 spiro atoms. The van der Waals surface area contributed by atoms with E-state index < -0.39 is 15.9 Å². The first-order valence-electron chi connectivity index (χ1n) is 9.39. The molecule has 0 radical (unpaired) electrons. The monoisotopic (exact) mass is 497 g/mol. The van der Waals surface area contributed by atoms with E-state index in [2.05, 4.69) is 21.2 Å². The number of carbonyl (C=O) groups excluding carboxylic acids is 1. The number of anilines is 1. The maximum absolute atomic E-state index is 13.3. The molecule has 0 saturated heterocycles. The van der Waals surface area contributed by atoms with Crippen LogP contribution in [0.15, 0.2) is 82.2 Å². The quantitative estimate of drug-likeness (QED) is 0.521. The minimum atomic E-state index is -3.92. The summed E-state index contributed by atoms with van der Waals surface area (Å²) in [5, 5.41) is 11.7. The van der Waals surface area contributed by atoms with Crippen LogP contribution in [0, 0.1) is 18.3 Å². The van der Waals surface area contributed by atoms with E-state index in [1.54, 1.807) is 42.5 Å². The third-order valence-corrected chi connectivity index (χ3v) is 6.86. The molecule has 0 aliphatic rings. The second kappa shape index (κ2) is 9.88. The van der Waals surface area contributed by atoms with Gasteiger partial charge in [-0.05, 0) is 55.0 Å². The molecule has 0 heterocycles. The Bertz CT molecular complexity index is 1220. The van der Waals surface area contributed by atoms with Gasteiger partial charge in [0.25, 0.3) is 0 Å². The van der Waals surface area contributed by atoms with E-state index in [1.165, 1.54) is 18.2 Å². The number of carbonyl (C=O) groups is 1. The topological polar surface area (TPSA) is 90.3 Å². The Labute approximate surface area is 190 Å². The highest BCUT2D eigenvalue weighted by atomic mass is 79.9. The van der Waals surface area contributed by atoms with Crippen molar-refractivity contribution in [1.82, 2.24) is 4.31 Å². The van der Waals surface area contributed by atoms with Crippen molar-refractivity contribution in [2.75, 3.05) is 11.9 Å². The zero-order valence-corrected chi connectivity index (χ0v) is 19.2. The Morgan fingerprint density at radius 3 is 2.39 bits per heavy atom. The van der Waals surface area contributed by atoms with Crippen LogP contribution in [0.4, 0.5) is 5.69 Å². The fourth-order valence-electron chi connectivity index (χ4n) is 2.91. The number of hydrogen-bond donors (Lipinski definition) is 1. The molecule has 8 heteroatoms. The van der Waals surface area contributed by atoms with Gasteiger partial charge in [-0.25, -0.2) is 8.42 Å². The van der Waals surface area contributed by atoms with Crippen LogP contribution < -0.4 is 5.32 Å². The maximum Gasteiger partial charge on any atom is 0.243 e. The van der Waals surface area contributed by atoms with Gasteiger partial charge in [0.15, 0.2) is 0 Å². The standard InChI is InChI=1S/C23H20BrN3O3S/c1-17-5-11-22(12-6-17)31(29,30)27(15-18-7-9-20(24)10-8-18)16-23(28)26-21-4-2-3-19(13-21)14-25/h2-13H,15-16H2,1H3,(H,26,28). The number of sulfonamides is 1. The first-order chi connectivity index (χ1) is 14.8. The molecule has 0 atom stereocenters. The molecule has 0 aromatic heterocycles. The molecule has 0 aliphatic heterocycles. The summed E-state index contributed by atoms with van der Waals surface area (Å²) >= 11 is 3.36. The lowest BCUT2D eigenvalue weighted by Gasteiger charge is -2.22. The molecule has 3 aromatic carbocycles. The Balaban J connectivity index is 1.87. The summed E-state index contributed by atoms with van der Waals surface area (Å²) in [5.41, 5.74) is 2.52. The van der Waals surface area contributed by atoms with E-state index in [4.69, 9.17) is 5.26 Å². The van der Waals surface area contributed by atoms with Crippen LogP contribution in [-0.2, 0) is 21.4 Å². The van der Waals surface area contributed by atoms with Gasteiger partial charge in [0.05, 0.1) is 23.1 Å². The predicted molar refractivity (Wildman–Crippen MR) is 123 cm³/mol. The normalized spacial score (nSPS) is 11.2. The van der Waals surface area contributed by atoms with Gasteiger partial charge >= 0.3 is 0 Å². The van der Waals surface area contributed by atoms with E-state index in [0.29, 0.717) is 11.3 Å². The number of halogens is 1. The second-order valence-corrected chi connectivity index (χ2v) is 9.81. The highest BCUT2D eigenvalue weighted by Crippen LogP contribution is 2.20. The number of rotatable bonds is 7. The molecule has 0 saturated carbocycles. The van der Waals surface area contributed by atoms with E-state index in [0.717, 1.165) is 19.9 Å². The molecule has 31 heavy (non-hydrogen) atoms. The van der Waals surface area contributed by atoms with Gasteiger partial charge in [0.2, 0.25) is 15.9 Å². The van der Waals surface area contributed by atoms with Crippen molar-refractivity contribution in [3.63, 3.8) is 0 Å². The van der Waals surface area contributed by atoms with Gasteiger partial charge in [-0.3, -0.25) is 4.79 Å². The van der Waals surface area contributed by atoms with Crippen LogP contribution in [0.25, 0.3) is 0 Å². The molecule has 0 fully saturated rings. The Hall–Kier alpha value is -2.99. The van der Waals surface area contributed by atoms with E-state index in [1.807, 2.05) is 25.1 Å². The number of benzene rings is 3. The molecule has 3 rings (SSSR count). The molecule has 6 nitrogen and oxygen atoms in total. The molecule has 3 aromatic rings. The average molecular weight is 498 g/mol. The van der Waals surface area contributed by atoms with Gasteiger partial charge in [0, 0.05) is 16.7 Å². The number of nitrogens with zero attached hydrogens (tertiary/aromatic N) is 2. The van der Waals surface area contributed by atoms with Crippen molar-refractivity contribution in [1.29, 1.82) is 5.26 Å². The molecular weight excluding hydrogens is 478 g/mol. The van der Waals surface area contributed by atoms with Crippen LogP contribution >= 0.6 is 15.9 Å². The van der Waals surface area contributed by atoms with Gasteiger partial charge in [-0.2, -0.15) is 9.57 Å². The van der Waals surface area contributed by atoms with Crippen LogP contribution in [0.5, 0.6) is 0 Å². The van der Waals surface area contributed by atoms with Crippen molar-refractivity contribution in [3.05, 3.63) is 94.0 Å². The van der Waals surface area contributed by atoms with Crippen LogP contribution in [0.2, 0.25) is 0 Å². The van der Waals surface area contributed by atoms with Crippen molar-refractivity contribution in [3.8, 4) is 6.07 Å². The maximum atomic E-state index is 13.3. The number of aryl methyl sites for hydroxylation is 1. The van der Waals surface area contributed by atoms with Gasteiger partial charge in [-0.15, -0.1) is 0 Å². The van der Waals surface area contributed by atoms with Crippen LogP contribution in [-0.4, -0.2) is 25.2 Å². The lowest BCUT2D eigenvalue weighted by Crippen LogP contribution is -2.37. The van der Waals surface area contributed by atoms with Crippen LogP contribution in [0.3, 0.4) is 0 Å². The SMILES string of the molecule is Cc1ccc(S(=O)(=O)N(CC(=O)Nc2cccc(C#N)c2)Cc2ccc(Br)cc2)cc1. The van der Waals surface area contributed by atoms with Gasteiger partial charge in [-0.1, -0.05) is 51.8 Å². The fourth-order valence-corrected chi connectivity index (χ4v) is 4.55. The molecule has 0 aliphatic carbocycles. The summed E-state index contributed by atoms with van der Waals surface area (Å²) in [6.45, 7) is 1.54. The fraction of sp³-hybridized carbons (Fsp3) is 0.130. The smallest absolute Gasteiger partial charge is 0.243 e. The third-order valence-electron chi connectivity index (χ3n) is 4.53. The molecule has 0 unspecified atom stereocenters. The first kappa shape index (κ1) is 22.7. The van der Waals surface area contributed by atoms with Gasteiger partial charge in [0.1, 0.15) is 0 Å². The number of nitriles is 1. The number of amides is 1.